The van der Waals surface area contributed by atoms with E-state index in [0.717, 1.165) is 12.2 Å². The van der Waals surface area contributed by atoms with Gasteiger partial charge in [0.15, 0.2) is 11.5 Å². The third kappa shape index (κ3) is 1.37. The van der Waals surface area contributed by atoms with E-state index in [2.05, 4.69) is 9.47 Å². The van der Waals surface area contributed by atoms with Gasteiger partial charge in [-0.1, -0.05) is 0 Å². The zero-order valence-corrected chi connectivity index (χ0v) is 6.79. The molecule has 0 aliphatic heterocycles. The van der Waals surface area contributed by atoms with Gasteiger partial charge in [-0.15, -0.1) is 0 Å². The number of ketones is 2. The number of carbonyl (C=O) groups is 2. The van der Waals surface area contributed by atoms with E-state index in [4.69, 9.17) is 0 Å². The van der Waals surface area contributed by atoms with Gasteiger partial charge in [0.25, 0.3) is 0 Å². The molecule has 0 amide bonds. The maximum atomic E-state index is 11.0. The van der Waals surface area contributed by atoms with Crippen LogP contribution in [0.2, 0.25) is 0 Å². The zero-order valence-electron chi connectivity index (χ0n) is 6.79. The molecule has 12 heavy (non-hydrogen) atoms. The van der Waals surface area contributed by atoms with Crippen LogP contribution in [0.1, 0.15) is 0 Å². The Hall–Kier alpha value is -1.58. The molecule has 0 bridgehead atoms. The van der Waals surface area contributed by atoms with Crippen molar-refractivity contribution in [3.63, 3.8) is 0 Å². The number of hydrogen-bond donors (Lipinski definition) is 0. The van der Waals surface area contributed by atoms with E-state index in [1.807, 2.05) is 0 Å². The highest BCUT2D eigenvalue weighted by Crippen LogP contribution is 2.11. The molecule has 1 rings (SSSR count). The van der Waals surface area contributed by atoms with Crippen LogP contribution in [0, 0.1) is 0 Å². The fourth-order valence-corrected chi connectivity index (χ4v) is 0.842. The molecular formula is C8H8O4. The quantitative estimate of drug-likeness (QED) is 0.552. The monoisotopic (exact) mass is 168 g/mol. The van der Waals surface area contributed by atoms with Crippen LogP contribution in [-0.4, -0.2) is 25.8 Å². The summed E-state index contributed by atoms with van der Waals surface area (Å²) in [6.07, 6.45) is 2.22. The largest absolute Gasteiger partial charge is 0.493 e. The van der Waals surface area contributed by atoms with Crippen LogP contribution in [0.3, 0.4) is 0 Å². The van der Waals surface area contributed by atoms with Crippen LogP contribution in [-0.2, 0) is 19.1 Å². The topological polar surface area (TPSA) is 52.6 Å². The second-order valence-electron chi connectivity index (χ2n) is 2.15. The minimum atomic E-state index is -0.353. The third-order valence-corrected chi connectivity index (χ3v) is 1.45. The predicted molar refractivity (Wildman–Crippen MR) is 40.2 cm³/mol. The average molecular weight is 168 g/mol. The molecule has 0 saturated carbocycles. The van der Waals surface area contributed by atoms with Crippen molar-refractivity contribution in [2.24, 2.45) is 0 Å². The summed E-state index contributed by atoms with van der Waals surface area (Å²) in [5.74, 6) is -0.621. The Kier molecular flexibility index (Phi) is 2.28. The number of rotatable bonds is 2. The number of allylic oxidation sites excluding steroid dienone is 2. The summed E-state index contributed by atoms with van der Waals surface area (Å²) in [4.78, 5) is 22.1. The van der Waals surface area contributed by atoms with Crippen LogP contribution >= 0.6 is 0 Å². The minimum Gasteiger partial charge on any atom is -0.493 e. The minimum absolute atomic E-state index is 0.0424. The molecule has 0 aromatic heterocycles. The lowest BCUT2D eigenvalue weighted by molar-refractivity contribution is -0.119. The molecule has 0 radical (unpaired) electrons. The molecule has 1 aliphatic rings. The van der Waals surface area contributed by atoms with Gasteiger partial charge < -0.3 is 9.47 Å². The second kappa shape index (κ2) is 3.21. The van der Waals surface area contributed by atoms with Gasteiger partial charge in [-0.25, -0.2) is 0 Å². The highest BCUT2D eigenvalue weighted by atomic mass is 16.5. The van der Waals surface area contributed by atoms with E-state index < -0.39 is 0 Å². The fraction of sp³-hybridized carbons (Fsp3) is 0.250. The zero-order chi connectivity index (χ0) is 9.14. The van der Waals surface area contributed by atoms with Crippen molar-refractivity contribution >= 4 is 11.6 Å². The standard InChI is InChI=1S/C8H8O4/c1-11-7-3-6(10)8(12-2)4-5(7)9/h3-4H,1-2H3. The maximum absolute atomic E-state index is 11.0. The van der Waals surface area contributed by atoms with Crippen molar-refractivity contribution in [2.45, 2.75) is 0 Å². The van der Waals surface area contributed by atoms with Crippen LogP contribution < -0.4 is 0 Å². The van der Waals surface area contributed by atoms with Gasteiger partial charge in [-0.2, -0.15) is 0 Å². The van der Waals surface area contributed by atoms with Crippen LogP contribution in [0.15, 0.2) is 23.7 Å². The third-order valence-electron chi connectivity index (χ3n) is 1.45. The smallest absolute Gasteiger partial charge is 0.224 e. The lowest BCUT2D eigenvalue weighted by atomic mass is 10.1. The molecule has 0 heterocycles. The molecule has 0 spiro atoms. The molecule has 64 valence electrons. The Morgan fingerprint density at radius 3 is 1.50 bits per heavy atom. The van der Waals surface area contributed by atoms with Crippen molar-refractivity contribution in [1.29, 1.82) is 0 Å². The van der Waals surface area contributed by atoms with E-state index in [-0.39, 0.29) is 23.1 Å². The molecule has 0 unspecified atom stereocenters. The van der Waals surface area contributed by atoms with Gasteiger partial charge in [0.2, 0.25) is 11.6 Å². The van der Waals surface area contributed by atoms with Gasteiger partial charge >= 0.3 is 0 Å². The number of ether oxygens (including phenoxy) is 2. The molecule has 0 atom stereocenters. The second-order valence-corrected chi connectivity index (χ2v) is 2.15. The van der Waals surface area contributed by atoms with Crippen molar-refractivity contribution in [3.05, 3.63) is 23.7 Å². The summed E-state index contributed by atoms with van der Waals surface area (Å²) >= 11 is 0. The summed E-state index contributed by atoms with van der Waals surface area (Å²) in [5.41, 5.74) is 0. The summed E-state index contributed by atoms with van der Waals surface area (Å²) in [6.45, 7) is 0. The number of carbonyl (C=O) groups excluding carboxylic acids is 2. The molecule has 0 aromatic carbocycles. The van der Waals surface area contributed by atoms with Crippen molar-refractivity contribution < 1.29 is 19.1 Å². The lowest BCUT2D eigenvalue weighted by Gasteiger charge is -2.09. The first-order valence-corrected chi connectivity index (χ1v) is 3.29. The molecule has 1 aliphatic carbocycles. The van der Waals surface area contributed by atoms with Gasteiger partial charge in [0.1, 0.15) is 0 Å². The first kappa shape index (κ1) is 8.52. The Morgan fingerprint density at radius 2 is 1.25 bits per heavy atom. The van der Waals surface area contributed by atoms with Gasteiger partial charge in [-0.3, -0.25) is 9.59 Å². The molecule has 0 aromatic rings. The Bertz CT molecular complexity index is 255. The summed E-state index contributed by atoms with van der Waals surface area (Å²) in [6, 6.07) is 0. The van der Waals surface area contributed by atoms with Gasteiger partial charge in [0.05, 0.1) is 14.2 Å². The van der Waals surface area contributed by atoms with Gasteiger partial charge in [-0.05, 0) is 0 Å². The molecule has 4 heteroatoms. The van der Waals surface area contributed by atoms with Crippen molar-refractivity contribution in [1.82, 2.24) is 0 Å². The Morgan fingerprint density at radius 1 is 0.917 bits per heavy atom. The Labute approximate surface area is 69.5 Å². The molecule has 0 saturated heterocycles. The van der Waals surface area contributed by atoms with Crippen molar-refractivity contribution in [3.8, 4) is 0 Å². The van der Waals surface area contributed by atoms with E-state index in [0.29, 0.717) is 0 Å². The first-order valence-electron chi connectivity index (χ1n) is 3.29. The maximum Gasteiger partial charge on any atom is 0.224 e. The summed E-state index contributed by atoms with van der Waals surface area (Å²) < 4.78 is 9.31. The summed E-state index contributed by atoms with van der Waals surface area (Å²) in [5, 5.41) is 0. The van der Waals surface area contributed by atoms with E-state index in [9.17, 15) is 9.59 Å². The average Bonchev–Trinajstić information content (AvgIpc) is 2.08. The molecular weight excluding hydrogens is 160 g/mol. The van der Waals surface area contributed by atoms with Crippen LogP contribution in [0.25, 0.3) is 0 Å². The lowest BCUT2D eigenvalue weighted by Crippen LogP contribution is -2.15. The van der Waals surface area contributed by atoms with Crippen LogP contribution in [0.4, 0.5) is 0 Å². The van der Waals surface area contributed by atoms with E-state index in [1.54, 1.807) is 0 Å². The normalized spacial score (nSPS) is 16.8. The van der Waals surface area contributed by atoms with E-state index in [1.165, 1.54) is 14.2 Å². The molecule has 0 fully saturated rings. The SMILES string of the molecule is COC1=CC(=O)C(OC)=CC1=O. The highest BCUT2D eigenvalue weighted by molar-refractivity contribution is 6.18. The Balaban J connectivity index is 2.94. The van der Waals surface area contributed by atoms with Crippen molar-refractivity contribution in [2.75, 3.05) is 14.2 Å². The van der Waals surface area contributed by atoms with E-state index >= 15 is 0 Å². The molecule has 0 N–H and O–H groups in total. The fourth-order valence-electron chi connectivity index (χ4n) is 0.842. The summed E-state index contributed by atoms with van der Waals surface area (Å²) in [7, 11) is 2.67. The number of hydrogen-bond acceptors (Lipinski definition) is 4. The highest BCUT2D eigenvalue weighted by Gasteiger charge is 2.20. The predicted octanol–water partition coefficient (Wildman–Crippen LogP) is 0.199. The number of methoxy groups -OCH3 is 2. The molecule has 4 nitrogen and oxygen atoms in total. The van der Waals surface area contributed by atoms with Crippen LogP contribution in [0.5, 0.6) is 0 Å². The van der Waals surface area contributed by atoms with Gasteiger partial charge in [0, 0.05) is 12.2 Å². The first-order chi connectivity index (χ1) is 5.69.